The molecular formula is C18H27N3O. The van der Waals surface area contributed by atoms with Crippen molar-refractivity contribution in [2.75, 3.05) is 50.7 Å². The van der Waals surface area contributed by atoms with Gasteiger partial charge in [-0.15, -0.1) is 0 Å². The molecule has 4 nitrogen and oxygen atoms in total. The largest absolute Gasteiger partial charge is 0.369 e. The third-order valence-electron chi connectivity index (χ3n) is 4.90. The maximum Gasteiger partial charge on any atom is 0.236 e. The molecule has 0 bridgehead atoms. The summed E-state index contributed by atoms with van der Waals surface area (Å²) in [6.45, 7) is 8.67. The van der Waals surface area contributed by atoms with Gasteiger partial charge in [0.25, 0.3) is 0 Å². The molecule has 0 aromatic heterocycles. The van der Waals surface area contributed by atoms with E-state index in [1.807, 2.05) is 0 Å². The molecule has 2 aliphatic heterocycles. The van der Waals surface area contributed by atoms with Crippen molar-refractivity contribution in [3.05, 3.63) is 29.8 Å². The van der Waals surface area contributed by atoms with Crippen LogP contribution in [0.2, 0.25) is 0 Å². The van der Waals surface area contributed by atoms with Crippen molar-refractivity contribution in [3.63, 3.8) is 0 Å². The summed E-state index contributed by atoms with van der Waals surface area (Å²) in [6.07, 6.45) is 3.62. The van der Waals surface area contributed by atoms with Gasteiger partial charge in [0, 0.05) is 45.0 Å². The van der Waals surface area contributed by atoms with Crippen LogP contribution in [-0.4, -0.2) is 61.5 Å². The van der Waals surface area contributed by atoms with E-state index >= 15 is 0 Å². The number of piperazine rings is 1. The molecular weight excluding hydrogens is 274 g/mol. The summed E-state index contributed by atoms with van der Waals surface area (Å²) in [5.74, 6) is 0.323. The molecule has 2 fully saturated rings. The molecule has 1 aromatic carbocycles. The Morgan fingerprint density at radius 1 is 0.955 bits per heavy atom. The van der Waals surface area contributed by atoms with Crippen molar-refractivity contribution in [3.8, 4) is 0 Å². The smallest absolute Gasteiger partial charge is 0.236 e. The SMILES string of the molecule is Cc1ccccc1N1CCN(CC(=O)N2CCCCC2)CC1. The topological polar surface area (TPSA) is 26.8 Å². The summed E-state index contributed by atoms with van der Waals surface area (Å²) in [7, 11) is 0. The average molecular weight is 301 g/mol. The fourth-order valence-corrected chi connectivity index (χ4v) is 3.50. The Hall–Kier alpha value is -1.55. The van der Waals surface area contributed by atoms with Gasteiger partial charge in [0.1, 0.15) is 0 Å². The van der Waals surface area contributed by atoms with E-state index in [9.17, 15) is 4.79 Å². The molecule has 2 aliphatic rings. The Labute approximate surface area is 133 Å². The second kappa shape index (κ2) is 7.14. The number of carbonyl (C=O) groups is 1. The molecule has 3 rings (SSSR count). The van der Waals surface area contributed by atoms with Gasteiger partial charge in [0.15, 0.2) is 0 Å². The zero-order chi connectivity index (χ0) is 15.4. The van der Waals surface area contributed by atoms with E-state index in [1.54, 1.807) is 0 Å². The number of carbonyl (C=O) groups excluding carboxylic acids is 1. The average Bonchev–Trinajstić information content (AvgIpc) is 2.57. The molecule has 2 saturated heterocycles. The molecule has 0 N–H and O–H groups in total. The quantitative estimate of drug-likeness (QED) is 0.856. The summed E-state index contributed by atoms with van der Waals surface area (Å²) >= 11 is 0. The number of para-hydroxylation sites is 1. The van der Waals surface area contributed by atoms with Gasteiger partial charge in [-0.1, -0.05) is 18.2 Å². The first-order valence-corrected chi connectivity index (χ1v) is 8.55. The fraction of sp³-hybridized carbons (Fsp3) is 0.611. The molecule has 0 aliphatic carbocycles. The van der Waals surface area contributed by atoms with Crippen molar-refractivity contribution in [2.24, 2.45) is 0 Å². The first-order valence-electron chi connectivity index (χ1n) is 8.55. The number of anilines is 1. The minimum absolute atomic E-state index is 0.323. The number of benzene rings is 1. The lowest BCUT2D eigenvalue weighted by molar-refractivity contribution is -0.133. The van der Waals surface area contributed by atoms with E-state index in [1.165, 1.54) is 30.5 Å². The van der Waals surface area contributed by atoms with Gasteiger partial charge in [0.05, 0.1) is 6.54 Å². The zero-order valence-corrected chi connectivity index (χ0v) is 13.6. The van der Waals surface area contributed by atoms with E-state index in [0.29, 0.717) is 12.5 Å². The molecule has 4 heteroatoms. The van der Waals surface area contributed by atoms with Crippen molar-refractivity contribution in [1.82, 2.24) is 9.80 Å². The van der Waals surface area contributed by atoms with Crippen LogP contribution in [0.15, 0.2) is 24.3 Å². The number of aryl methyl sites for hydroxylation is 1. The van der Waals surface area contributed by atoms with Crippen LogP contribution in [0.5, 0.6) is 0 Å². The van der Waals surface area contributed by atoms with Crippen LogP contribution < -0.4 is 4.90 Å². The van der Waals surface area contributed by atoms with Crippen LogP contribution in [0, 0.1) is 6.92 Å². The minimum atomic E-state index is 0.323. The lowest BCUT2D eigenvalue weighted by atomic mass is 10.1. The Kier molecular flexibility index (Phi) is 4.98. The highest BCUT2D eigenvalue weighted by Gasteiger charge is 2.23. The molecule has 0 unspecified atom stereocenters. The lowest BCUT2D eigenvalue weighted by Gasteiger charge is -2.37. The molecule has 1 amide bonds. The summed E-state index contributed by atoms with van der Waals surface area (Å²) in [4.78, 5) is 19.1. The van der Waals surface area contributed by atoms with Crippen molar-refractivity contribution >= 4 is 11.6 Å². The van der Waals surface area contributed by atoms with E-state index in [2.05, 4.69) is 45.9 Å². The van der Waals surface area contributed by atoms with Crippen LogP contribution in [0.25, 0.3) is 0 Å². The van der Waals surface area contributed by atoms with Crippen LogP contribution in [-0.2, 0) is 4.79 Å². The third kappa shape index (κ3) is 3.61. The summed E-state index contributed by atoms with van der Waals surface area (Å²) < 4.78 is 0. The van der Waals surface area contributed by atoms with Gasteiger partial charge in [-0.05, 0) is 37.8 Å². The molecule has 2 heterocycles. The summed E-state index contributed by atoms with van der Waals surface area (Å²) in [5.41, 5.74) is 2.67. The fourth-order valence-electron chi connectivity index (χ4n) is 3.50. The van der Waals surface area contributed by atoms with E-state index in [-0.39, 0.29) is 0 Å². The minimum Gasteiger partial charge on any atom is -0.369 e. The van der Waals surface area contributed by atoms with Crippen LogP contribution >= 0.6 is 0 Å². The van der Waals surface area contributed by atoms with Gasteiger partial charge in [-0.2, -0.15) is 0 Å². The van der Waals surface area contributed by atoms with E-state index in [0.717, 1.165) is 39.3 Å². The van der Waals surface area contributed by atoms with Crippen molar-refractivity contribution in [1.29, 1.82) is 0 Å². The van der Waals surface area contributed by atoms with Crippen molar-refractivity contribution < 1.29 is 4.79 Å². The second-order valence-corrected chi connectivity index (χ2v) is 6.49. The van der Waals surface area contributed by atoms with Crippen LogP contribution in [0.1, 0.15) is 24.8 Å². The molecule has 1 aromatic rings. The first-order chi connectivity index (χ1) is 10.7. The van der Waals surface area contributed by atoms with E-state index in [4.69, 9.17) is 0 Å². The monoisotopic (exact) mass is 301 g/mol. The number of rotatable bonds is 3. The Bertz CT molecular complexity index is 503. The Morgan fingerprint density at radius 3 is 2.32 bits per heavy atom. The predicted molar refractivity (Wildman–Crippen MR) is 90.3 cm³/mol. The van der Waals surface area contributed by atoms with Gasteiger partial charge in [-0.25, -0.2) is 0 Å². The highest BCUT2D eigenvalue weighted by molar-refractivity contribution is 5.78. The second-order valence-electron chi connectivity index (χ2n) is 6.49. The molecule has 0 atom stereocenters. The van der Waals surface area contributed by atoms with E-state index < -0.39 is 0 Å². The maximum absolute atomic E-state index is 12.3. The maximum atomic E-state index is 12.3. The van der Waals surface area contributed by atoms with Crippen molar-refractivity contribution in [2.45, 2.75) is 26.2 Å². The predicted octanol–water partition coefficient (Wildman–Crippen LogP) is 2.13. The van der Waals surface area contributed by atoms with Gasteiger partial charge < -0.3 is 9.80 Å². The number of amides is 1. The lowest BCUT2D eigenvalue weighted by Crippen LogP contribution is -2.50. The molecule has 0 saturated carbocycles. The third-order valence-corrected chi connectivity index (χ3v) is 4.90. The molecule has 0 radical (unpaired) electrons. The highest BCUT2D eigenvalue weighted by atomic mass is 16.2. The van der Waals surface area contributed by atoms with Crippen LogP contribution in [0.3, 0.4) is 0 Å². The standard InChI is InChI=1S/C18H27N3O/c1-16-7-3-4-8-17(16)20-13-11-19(12-14-20)15-18(22)21-9-5-2-6-10-21/h3-4,7-8H,2,5-6,9-15H2,1H3. The highest BCUT2D eigenvalue weighted by Crippen LogP contribution is 2.20. The Morgan fingerprint density at radius 2 is 1.64 bits per heavy atom. The van der Waals surface area contributed by atoms with Crippen LogP contribution in [0.4, 0.5) is 5.69 Å². The van der Waals surface area contributed by atoms with Gasteiger partial charge in [-0.3, -0.25) is 9.69 Å². The molecule has 22 heavy (non-hydrogen) atoms. The molecule has 120 valence electrons. The number of hydrogen-bond donors (Lipinski definition) is 0. The summed E-state index contributed by atoms with van der Waals surface area (Å²) in [6, 6.07) is 8.56. The number of piperidine rings is 1. The summed E-state index contributed by atoms with van der Waals surface area (Å²) in [5, 5.41) is 0. The normalized spacial score (nSPS) is 20.2. The van der Waals surface area contributed by atoms with Gasteiger partial charge >= 0.3 is 0 Å². The molecule has 0 spiro atoms. The number of hydrogen-bond acceptors (Lipinski definition) is 3. The Balaban J connectivity index is 1.49. The number of nitrogens with zero attached hydrogens (tertiary/aromatic N) is 3. The van der Waals surface area contributed by atoms with Gasteiger partial charge in [0.2, 0.25) is 5.91 Å². The zero-order valence-electron chi connectivity index (χ0n) is 13.6. The number of likely N-dealkylation sites (tertiary alicyclic amines) is 1. The first kappa shape index (κ1) is 15.3.